The van der Waals surface area contributed by atoms with E-state index in [1.54, 1.807) is 7.11 Å². The topological polar surface area (TPSA) is 59.0 Å². The van der Waals surface area contributed by atoms with Crippen LogP contribution >= 0.6 is 0 Å². The molecule has 0 radical (unpaired) electrons. The number of carbonyl (C=O) groups is 1. The van der Waals surface area contributed by atoms with Gasteiger partial charge in [0.15, 0.2) is 0 Å². The number of aliphatic hydroxyl groups is 1. The first kappa shape index (κ1) is 16.5. The van der Waals surface area contributed by atoms with E-state index >= 15 is 0 Å². The minimum Gasteiger partial charge on any atom is -0.497 e. The molecule has 1 atom stereocenters. The standard InChI is InChI=1S/C15H23NO4/c1-4-16(9-8-15(18)20-3)11-14(17)12-6-5-7-13(10-12)19-2/h5-7,10,14,17H,4,8-9,11H2,1-3H3. The number of likely N-dealkylation sites (N-methyl/N-ethyl adjacent to an activating group) is 1. The summed E-state index contributed by atoms with van der Waals surface area (Å²) in [4.78, 5) is 13.2. The molecule has 0 aliphatic carbocycles. The SMILES string of the molecule is CCN(CCC(=O)OC)CC(O)c1cccc(OC)c1. The fraction of sp³-hybridized carbons (Fsp3) is 0.533. The molecule has 1 unspecified atom stereocenters. The van der Waals surface area contributed by atoms with E-state index in [0.717, 1.165) is 17.9 Å². The fourth-order valence-electron chi connectivity index (χ4n) is 1.93. The third-order valence-corrected chi connectivity index (χ3v) is 3.22. The van der Waals surface area contributed by atoms with Gasteiger partial charge < -0.3 is 19.5 Å². The molecule has 20 heavy (non-hydrogen) atoms. The van der Waals surface area contributed by atoms with Crippen molar-refractivity contribution in [3.8, 4) is 5.75 Å². The van der Waals surface area contributed by atoms with Gasteiger partial charge in [0.1, 0.15) is 5.75 Å². The average molecular weight is 281 g/mol. The molecule has 0 saturated carbocycles. The minimum atomic E-state index is -0.609. The Morgan fingerprint density at radius 2 is 2.15 bits per heavy atom. The summed E-state index contributed by atoms with van der Waals surface area (Å²) in [6, 6.07) is 7.37. The Balaban J connectivity index is 2.57. The highest BCUT2D eigenvalue weighted by molar-refractivity contribution is 5.69. The van der Waals surface area contributed by atoms with Gasteiger partial charge >= 0.3 is 5.97 Å². The zero-order chi connectivity index (χ0) is 15.0. The van der Waals surface area contributed by atoms with Crippen LogP contribution in [-0.4, -0.2) is 49.8 Å². The Hall–Kier alpha value is -1.59. The third-order valence-electron chi connectivity index (χ3n) is 3.22. The van der Waals surface area contributed by atoms with E-state index in [1.165, 1.54) is 7.11 Å². The molecule has 1 aromatic rings. The van der Waals surface area contributed by atoms with Gasteiger partial charge in [-0.25, -0.2) is 0 Å². The second-order valence-corrected chi connectivity index (χ2v) is 4.51. The van der Waals surface area contributed by atoms with E-state index in [0.29, 0.717) is 19.5 Å². The zero-order valence-corrected chi connectivity index (χ0v) is 12.3. The van der Waals surface area contributed by atoms with Crippen molar-refractivity contribution in [3.63, 3.8) is 0 Å². The van der Waals surface area contributed by atoms with Crippen LogP contribution in [0.1, 0.15) is 25.0 Å². The van der Waals surface area contributed by atoms with Gasteiger partial charge in [0.25, 0.3) is 0 Å². The molecule has 0 aromatic heterocycles. The van der Waals surface area contributed by atoms with Crippen molar-refractivity contribution in [1.29, 1.82) is 0 Å². The van der Waals surface area contributed by atoms with Crippen molar-refractivity contribution in [2.24, 2.45) is 0 Å². The highest BCUT2D eigenvalue weighted by Gasteiger charge is 2.14. The van der Waals surface area contributed by atoms with Crippen molar-refractivity contribution in [2.45, 2.75) is 19.4 Å². The molecule has 0 bridgehead atoms. The van der Waals surface area contributed by atoms with Crippen LogP contribution in [-0.2, 0) is 9.53 Å². The normalized spacial score (nSPS) is 12.2. The molecular formula is C15H23NO4. The Bertz CT molecular complexity index is 422. The fourth-order valence-corrected chi connectivity index (χ4v) is 1.93. The maximum atomic E-state index is 11.1. The lowest BCUT2D eigenvalue weighted by Gasteiger charge is -2.23. The Morgan fingerprint density at radius 3 is 2.75 bits per heavy atom. The average Bonchev–Trinajstić information content (AvgIpc) is 2.50. The van der Waals surface area contributed by atoms with Crippen molar-refractivity contribution in [1.82, 2.24) is 4.90 Å². The summed E-state index contributed by atoms with van der Waals surface area (Å²) in [6.07, 6.45) is -0.280. The second-order valence-electron chi connectivity index (χ2n) is 4.51. The molecule has 0 aliphatic heterocycles. The molecular weight excluding hydrogens is 258 g/mol. The van der Waals surface area contributed by atoms with Gasteiger partial charge in [0.05, 0.1) is 26.7 Å². The van der Waals surface area contributed by atoms with Gasteiger partial charge in [0.2, 0.25) is 0 Å². The highest BCUT2D eigenvalue weighted by atomic mass is 16.5. The lowest BCUT2D eigenvalue weighted by Crippen LogP contribution is -2.31. The first-order valence-electron chi connectivity index (χ1n) is 6.71. The van der Waals surface area contributed by atoms with Crippen LogP contribution in [0.25, 0.3) is 0 Å². The summed E-state index contributed by atoms with van der Waals surface area (Å²) in [5.41, 5.74) is 0.806. The largest absolute Gasteiger partial charge is 0.497 e. The molecule has 1 rings (SSSR count). The quantitative estimate of drug-likeness (QED) is 0.734. The van der Waals surface area contributed by atoms with Gasteiger partial charge in [-0.05, 0) is 24.2 Å². The second kappa shape index (κ2) is 8.55. The predicted molar refractivity (Wildman–Crippen MR) is 76.7 cm³/mol. The highest BCUT2D eigenvalue weighted by Crippen LogP contribution is 2.19. The number of nitrogens with zero attached hydrogens (tertiary/aromatic N) is 1. The number of ether oxygens (including phenoxy) is 2. The molecule has 5 nitrogen and oxygen atoms in total. The van der Waals surface area contributed by atoms with Crippen LogP contribution in [0.2, 0.25) is 0 Å². The molecule has 0 heterocycles. The summed E-state index contributed by atoms with van der Waals surface area (Å²) in [5, 5.41) is 10.3. The van der Waals surface area contributed by atoms with Gasteiger partial charge in [0, 0.05) is 13.1 Å². The van der Waals surface area contributed by atoms with E-state index in [-0.39, 0.29) is 5.97 Å². The minimum absolute atomic E-state index is 0.237. The maximum Gasteiger partial charge on any atom is 0.306 e. The van der Waals surface area contributed by atoms with E-state index in [1.807, 2.05) is 36.1 Å². The maximum absolute atomic E-state index is 11.1. The number of hydrogen-bond acceptors (Lipinski definition) is 5. The first-order chi connectivity index (χ1) is 9.60. The smallest absolute Gasteiger partial charge is 0.306 e. The Labute approximate surface area is 120 Å². The van der Waals surface area contributed by atoms with Crippen LogP contribution in [0, 0.1) is 0 Å². The molecule has 5 heteroatoms. The van der Waals surface area contributed by atoms with Crippen LogP contribution in [0.5, 0.6) is 5.75 Å². The third kappa shape index (κ3) is 5.19. The van der Waals surface area contributed by atoms with Gasteiger partial charge in [-0.2, -0.15) is 0 Å². The molecule has 1 N–H and O–H groups in total. The van der Waals surface area contributed by atoms with Gasteiger partial charge in [-0.3, -0.25) is 4.79 Å². The molecule has 0 saturated heterocycles. The molecule has 0 amide bonds. The van der Waals surface area contributed by atoms with E-state index in [4.69, 9.17) is 4.74 Å². The van der Waals surface area contributed by atoms with Crippen molar-refractivity contribution < 1.29 is 19.4 Å². The van der Waals surface area contributed by atoms with Crippen molar-refractivity contribution in [2.75, 3.05) is 33.9 Å². The zero-order valence-electron chi connectivity index (χ0n) is 12.3. The van der Waals surface area contributed by atoms with Gasteiger partial charge in [-0.15, -0.1) is 0 Å². The summed E-state index contributed by atoms with van der Waals surface area (Å²) >= 11 is 0. The number of esters is 1. The number of rotatable bonds is 8. The number of benzene rings is 1. The number of carbonyl (C=O) groups excluding carboxylic acids is 1. The number of methoxy groups -OCH3 is 2. The molecule has 0 fully saturated rings. The number of aliphatic hydroxyl groups excluding tert-OH is 1. The molecule has 112 valence electrons. The van der Waals surface area contributed by atoms with Crippen LogP contribution in [0.4, 0.5) is 0 Å². The lowest BCUT2D eigenvalue weighted by molar-refractivity contribution is -0.141. The lowest BCUT2D eigenvalue weighted by atomic mass is 10.1. The van der Waals surface area contributed by atoms with Crippen LogP contribution in [0.3, 0.4) is 0 Å². The molecule has 1 aromatic carbocycles. The predicted octanol–water partition coefficient (Wildman–Crippen LogP) is 1.61. The first-order valence-corrected chi connectivity index (χ1v) is 6.71. The molecule has 0 spiro atoms. The summed E-state index contributed by atoms with van der Waals surface area (Å²) in [7, 11) is 2.98. The van der Waals surface area contributed by atoms with Crippen LogP contribution in [0.15, 0.2) is 24.3 Å². The summed E-state index contributed by atoms with van der Waals surface area (Å²) in [6.45, 7) is 3.80. The van der Waals surface area contributed by atoms with Crippen molar-refractivity contribution in [3.05, 3.63) is 29.8 Å². The van der Waals surface area contributed by atoms with E-state index < -0.39 is 6.10 Å². The van der Waals surface area contributed by atoms with Crippen molar-refractivity contribution >= 4 is 5.97 Å². The molecule has 0 aliphatic rings. The Morgan fingerprint density at radius 1 is 1.40 bits per heavy atom. The van der Waals surface area contributed by atoms with E-state index in [2.05, 4.69) is 4.74 Å². The number of hydrogen-bond donors (Lipinski definition) is 1. The van der Waals surface area contributed by atoms with Crippen LogP contribution < -0.4 is 4.74 Å². The monoisotopic (exact) mass is 281 g/mol. The Kier molecular flexibility index (Phi) is 7.04. The van der Waals surface area contributed by atoms with Gasteiger partial charge in [-0.1, -0.05) is 19.1 Å². The van der Waals surface area contributed by atoms with E-state index in [9.17, 15) is 9.90 Å². The summed E-state index contributed by atoms with van der Waals surface area (Å²) in [5.74, 6) is 0.485. The summed E-state index contributed by atoms with van der Waals surface area (Å²) < 4.78 is 9.76.